The van der Waals surface area contributed by atoms with Crippen molar-refractivity contribution in [2.75, 3.05) is 32.2 Å². The van der Waals surface area contributed by atoms with Gasteiger partial charge in [-0.25, -0.2) is 9.97 Å². The summed E-state index contributed by atoms with van der Waals surface area (Å²) in [7, 11) is 1.73. The van der Waals surface area contributed by atoms with Gasteiger partial charge in [-0.2, -0.15) is 0 Å². The molecule has 0 aliphatic carbocycles. The molecule has 1 unspecified atom stereocenters. The number of rotatable bonds is 5. The van der Waals surface area contributed by atoms with Crippen LogP contribution in [0, 0.1) is 6.92 Å². The molecule has 106 valence electrons. The van der Waals surface area contributed by atoms with Gasteiger partial charge in [0.05, 0.1) is 6.61 Å². The standard InChI is InChI=1S/C14H23N3O2/c1-10(2)12-7-11(3)16-13(17-12)15-8-14(18-4)5-6-19-9-14/h7,10H,5-6,8-9H2,1-4H3,(H,15,16,17). The summed E-state index contributed by atoms with van der Waals surface area (Å²) >= 11 is 0. The average Bonchev–Trinajstić information content (AvgIpc) is 2.85. The number of hydrogen-bond acceptors (Lipinski definition) is 5. The van der Waals surface area contributed by atoms with E-state index < -0.39 is 0 Å². The predicted octanol–water partition coefficient (Wildman–Crippen LogP) is 2.13. The fraction of sp³-hybridized carbons (Fsp3) is 0.714. The molecule has 0 aromatic carbocycles. The molecule has 1 aliphatic heterocycles. The highest BCUT2D eigenvalue weighted by Crippen LogP contribution is 2.23. The predicted molar refractivity (Wildman–Crippen MR) is 74.5 cm³/mol. The molecule has 0 saturated carbocycles. The molecule has 1 fully saturated rings. The number of nitrogens with zero attached hydrogens (tertiary/aromatic N) is 2. The van der Waals surface area contributed by atoms with Crippen molar-refractivity contribution in [2.45, 2.75) is 38.7 Å². The smallest absolute Gasteiger partial charge is 0.223 e. The second kappa shape index (κ2) is 5.84. The average molecular weight is 265 g/mol. The Morgan fingerprint density at radius 2 is 2.26 bits per heavy atom. The molecule has 2 rings (SSSR count). The lowest BCUT2D eigenvalue weighted by atomic mass is 10.0. The first kappa shape index (κ1) is 14.2. The Balaban J connectivity index is 2.06. The van der Waals surface area contributed by atoms with Crippen LogP contribution in [0.4, 0.5) is 5.95 Å². The Morgan fingerprint density at radius 3 is 2.84 bits per heavy atom. The van der Waals surface area contributed by atoms with Crippen molar-refractivity contribution in [3.8, 4) is 0 Å². The van der Waals surface area contributed by atoms with E-state index in [0.717, 1.165) is 24.4 Å². The lowest BCUT2D eigenvalue weighted by Crippen LogP contribution is -2.40. The van der Waals surface area contributed by atoms with Gasteiger partial charge in [-0.3, -0.25) is 0 Å². The molecule has 1 N–H and O–H groups in total. The zero-order chi connectivity index (χ0) is 13.9. The summed E-state index contributed by atoms with van der Waals surface area (Å²) in [5.74, 6) is 1.07. The van der Waals surface area contributed by atoms with Crippen molar-refractivity contribution in [1.29, 1.82) is 0 Å². The van der Waals surface area contributed by atoms with Gasteiger partial charge in [0, 0.05) is 38.1 Å². The first-order valence-electron chi connectivity index (χ1n) is 6.77. The molecule has 5 nitrogen and oxygen atoms in total. The van der Waals surface area contributed by atoms with Crippen molar-refractivity contribution < 1.29 is 9.47 Å². The van der Waals surface area contributed by atoms with E-state index in [1.807, 2.05) is 13.0 Å². The van der Waals surface area contributed by atoms with E-state index in [9.17, 15) is 0 Å². The van der Waals surface area contributed by atoms with Crippen LogP contribution in [0.1, 0.15) is 37.6 Å². The third-order valence-electron chi connectivity index (χ3n) is 3.53. The quantitative estimate of drug-likeness (QED) is 0.884. The molecule has 1 aromatic heterocycles. The number of nitrogens with one attached hydrogen (secondary N) is 1. The fourth-order valence-corrected chi connectivity index (χ4v) is 2.17. The van der Waals surface area contributed by atoms with Gasteiger partial charge in [0.1, 0.15) is 5.60 Å². The Labute approximate surface area is 114 Å². The summed E-state index contributed by atoms with van der Waals surface area (Å²) in [5, 5.41) is 3.29. The minimum Gasteiger partial charge on any atom is -0.378 e. The molecule has 1 aromatic rings. The Morgan fingerprint density at radius 1 is 1.47 bits per heavy atom. The second-order valence-electron chi connectivity index (χ2n) is 5.46. The first-order valence-corrected chi connectivity index (χ1v) is 6.77. The van der Waals surface area contributed by atoms with Crippen LogP contribution in [-0.4, -0.2) is 42.4 Å². The maximum atomic E-state index is 5.59. The van der Waals surface area contributed by atoms with Crippen molar-refractivity contribution in [3.05, 3.63) is 17.5 Å². The van der Waals surface area contributed by atoms with Gasteiger partial charge < -0.3 is 14.8 Å². The second-order valence-corrected chi connectivity index (χ2v) is 5.46. The Bertz CT molecular complexity index is 429. The summed E-state index contributed by atoms with van der Waals surface area (Å²) in [6, 6.07) is 2.03. The van der Waals surface area contributed by atoms with Gasteiger partial charge in [-0.1, -0.05) is 13.8 Å². The molecular formula is C14H23N3O2. The van der Waals surface area contributed by atoms with Crippen LogP contribution in [0.3, 0.4) is 0 Å². The SMILES string of the molecule is COC1(CNc2nc(C)cc(C(C)C)n2)CCOC1. The summed E-state index contributed by atoms with van der Waals surface area (Å²) < 4.78 is 11.0. The van der Waals surface area contributed by atoms with Crippen molar-refractivity contribution in [2.24, 2.45) is 0 Å². The minimum absolute atomic E-state index is 0.245. The Kier molecular flexibility index (Phi) is 4.37. The molecule has 0 amide bonds. The van der Waals surface area contributed by atoms with Gasteiger partial charge in [0.25, 0.3) is 0 Å². The molecule has 2 heterocycles. The van der Waals surface area contributed by atoms with Crippen LogP contribution >= 0.6 is 0 Å². The van der Waals surface area contributed by atoms with Crippen LogP contribution < -0.4 is 5.32 Å². The number of anilines is 1. The number of hydrogen-bond donors (Lipinski definition) is 1. The highest BCUT2D eigenvalue weighted by molar-refractivity contribution is 5.30. The van der Waals surface area contributed by atoms with E-state index in [0.29, 0.717) is 25.0 Å². The van der Waals surface area contributed by atoms with Crippen molar-refractivity contribution >= 4 is 5.95 Å². The highest BCUT2D eigenvalue weighted by Gasteiger charge is 2.34. The monoisotopic (exact) mass is 265 g/mol. The van der Waals surface area contributed by atoms with E-state index >= 15 is 0 Å². The lowest BCUT2D eigenvalue weighted by molar-refractivity contribution is -0.00631. The summed E-state index contributed by atoms with van der Waals surface area (Å²) in [6.07, 6.45) is 0.902. The minimum atomic E-state index is -0.245. The normalized spacial score (nSPS) is 23.0. The highest BCUT2D eigenvalue weighted by atomic mass is 16.5. The zero-order valence-electron chi connectivity index (χ0n) is 12.2. The molecule has 5 heteroatoms. The van der Waals surface area contributed by atoms with Gasteiger partial charge in [0.2, 0.25) is 5.95 Å². The van der Waals surface area contributed by atoms with E-state index in [-0.39, 0.29) is 5.60 Å². The van der Waals surface area contributed by atoms with Crippen LogP contribution in [0.5, 0.6) is 0 Å². The Hall–Kier alpha value is -1.20. The molecule has 0 spiro atoms. The number of ether oxygens (including phenoxy) is 2. The number of aromatic nitrogens is 2. The van der Waals surface area contributed by atoms with Gasteiger partial charge in [-0.15, -0.1) is 0 Å². The lowest BCUT2D eigenvalue weighted by Gasteiger charge is -2.26. The maximum absolute atomic E-state index is 5.59. The fourth-order valence-electron chi connectivity index (χ4n) is 2.17. The summed E-state index contributed by atoms with van der Waals surface area (Å²) in [5.41, 5.74) is 1.80. The van der Waals surface area contributed by atoms with Crippen LogP contribution in [0.25, 0.3) is 0 Å². The molecule has 1 atom stereocenters. The van der Waals surface area contributed by atoms with Crippen LogP contribution in [-0.2, 0) is 9.47 Å². The van der Waals surface area contributed by atoms with E-state index in [1.165, 1.54) is 0 Å². The van der Waals surface area contributed by atoms with Gasteiger partial charge in [0.15, 0.2) is 0 Å². The van der Waals surface area contributed by atoms with Gasteiger partial charge >= 0.3 is 0 Å². The van der Waals surface area contributed by atoms with Crippen LogP contribution in [0.2, 0.25) is 0 Å². The van der Waals surface area contributed by atoms with Crippen molar-refractivity contribution in [1.82, 2.24) is 9.97 Å². The van der Waals surface area contributed by atoms with Gasteiger partial charge in [-0.05, 0) is 18.9 Å². The number of methoxy groups -OCH3 is 1. The largest absolute Gasteiger partial charge is 0.378 e. The molecule has 0 radical (unpaired) electrons. The third-order valence-corrected chi connectivity index (χ3v) is 3.53. The summed E-state index contributed by atoms with van der Waals surface area (Å²) in [6.45, 7) is 8.30. The van der Waals surface area contributed by atoms with Crippen molar-refractivity contribution in [3.63, 3.8) is 0 Å². The summed E-state index contributed by atoms with van der Waals surface area (Å²) in [4.78, 5) is 8.96. The van der Waals surface area contributed by atoms with Crippen LogP contribution in [0.15, 0.2) is 6.07 Å². The maximum Gasteiger partial charge on any atom is 0.223 e. The molecular weight excluding hydrogens is 242 g/mol. The zero-order valence-corrected chi connectivity index (χ0v) is 12.2. The van der Waals surface area contributed by atoms with E-state index in [2.05, 4.69) is 29.1 Å². The van der Waals surface area contributed by atoms with E-state index in [1.54, 1.807) is 7.11 Å². The molecule has 19 heavy (non-hydrogen) atoms. The van der Waals surface area contributed by atoms with E-state index in [4.69, 9.17) is 9.47 Å². The topological polar surface area (TPSA) is 56.3 Å². The molecule has 1 aliphatic rings. The molecule has 1 saturated heterocycles. The molecule has 0 bridgehead atoms. The third kappa shape index (κ3) is 3.42. The first-order chi connectivity index (χ1) is 9.04. The number of aryl methyl sites for hydroxylation is 1.